The Kier molecular flexibility index (Phi) is 3.18. The molecule has 2 saturated heterocycles. The number of hydrogen-bond acceptors (Lipinski definition) is 4. The Labute approximate surface area is 129 Å². The van der Waals surface area contributed by atoms with Crippen LogP contribution in [0.25, 0.3) is 0 Å². The zero-order chi connectivity index (χ0) is 15.0. The molecule has 114 valence electrons. The number of benzene rings is 1. The van der Waals surface area contributed by atoms with Crippen molar-refractivity contribution in [2.45, 2.75) is 19.4 Å². The van der Waals surface area contributed by atoms with Crippen molar-refractivity contribution >= 4 is 11.6 Å². The predicted octanol–water partition coefficient (Wildman–Crippen LogP) is 1.36. The normalized spacial score (nSPS) is 26.3. The van der Waals surface area contributed by atoms with Crippen LogP contribution >= 0.6 is 0 Å². The molecule has 0 unspecified atom stereocenters. The third kappa shape index (κ3) is 2.39. The van der Waals surface area contributed by atoms with Gasteiger partial charge in [0.25, 0.3) is 0 Å². The molecule has 0 radical (unpaired) electrons. The van der Waals surface area contributed by atoms with Crippen LogP contribution in [0, 0.1) is 5.41 Å². The summed E-state index contributed by atoms with van der Waals surface area (Å²) in [5, 5.41) is 10.7. The number of fused-ring (bicyclic) bond motifs is 2. The van der Waals surface area contributed by atoms with Crippen molar-refractivity contribution < 1.29 is 4.79 Å². The number of hydrogen-bond donors (Lipinski definition) is 1. The molecule has 1 N–H and O–H groups in total. The van der Waals surface area contributed by atoms with E-state index >= 15 is 0 Å². The van der Waals surface area contributed by atoms with Gasteiger partial charge in [-0.3, -0.25) is 4.79 Å². The van der Waals surface area contributed by atoms with Gasteiger partial charge in [-0.25, -0.2) is 0 Å². The second kappa shape index (κ2) is 5.21. The molecule has 6 nitrogen and oxygen atoms in total. The summed E-state index contributed by atoms with van der Waals surface area (Å²) in [6, 6.07) is 7.99. The van der Waals surface area contributed by atoms with Crippen molar-refractivity contribution in [2.75, 3.05) is 25.0 Å². The molecule has 0 saturated carbocycles. The maximum atomic E-state index is 12.7. The quantitative estimate of drug-likeness (QED) is 0.925. The van der Waals surface area contributed by atoms with Gasteiger partial charge < -0.3 is 14.8 Å². The van der Waals surface area contributed by atoms with Gasteiger partial charge in [-0.15, -0.1) is 10.2 Å². The van der Waals surface area contributed by atoms with Gasteiger partial charge >= 0.3 is 0 Å². The summed E-state index contributed by atoms with van der Waals surface area (Å²) in [7, 11) is 0. The SMILES string of the molecule is O=C(Nc1cccc(Cn2cnnc2)c1)C12CCN(CC1)C2. The van der Waals surface area contributed by atoms with E-state index in [-0.39, 0.29) is 11.3 Å². The van der Waals surface area contributed by atoms with E-state index in [1.54, 1.807) is 12.7 Å². The fourth-order valence-electron chi connectivity index (χ4n) is 3.55. The smallest absolute Gasteiger partial charge is 0.231 e. The summed E-state index contributed by atoms with van der Waals surface area (Å²) < 4.78 is 1.91. The van der Waals surface area contributed by atoms with Crippen LogP contribution in [0.1, 0.15) is 18.4 Å². The van der Waals surface area contributed by atoms with Gasteiger partial charge in [0.1, 0.15) is 12.7 Å². The van der Waals surface area contributed by atoms with Gasteiger partial charge in [0.15, 0.2) is 0 Å². The first kappa shape index (κ1) is 13.5. The number of carbonyl (C=O) groups is 1. The minimum absolute atomic E-state index is 0.162. The van der Waals surface area contributed by atoms with Gasteiger partial charge in [0.05, 0.1) is 12.0 Å². The van der Waals surface area contributed by atoms with Crippen LogP contribution in [0.5, 0.6) is 0 Å². The van der Waals surface area contributed by atoms with E-state index in [4.69, 9.17) is 0 Å². The summed E-state index contributed by atoms with van der Waals surface area (Å²) in [5.41, 5.74) is 1.83. The molecule has 22 heavy (non-hydrogen) atoms. The van der Waals surface area contributed by atoms with E-state index < -0.39 is 0 Å². The molecular weight excluding hydrogens is 278 g/mol. The van der Waals surface area contributed by atoms with E-state index in [9.17, 15) is 4.79 Å². The molecule has 2 bridgehead atoms. The predicted molar refractivity (Wildman–Crippen MR) is 82.3 cm³/mol. The monoisotopic (exact) mass is 297 g/mol. The summed E-state index contributed by atoms with van der Waals surface area (Å²) in [5.74, 6) is 0.175. The highest BCUT2D eigenvalue weighted by molar-refractivity contribution is 5.96. The lowest BCUT2D eigenvalue weighted by Crippen LogP contribution is -2.35. The molecule has 2 aromatic rings. The first-order valence-corrected chi connectivity index (χ1v) is 7.69. The average Bonchev–Trinajstić information content (AvgIpc) is 3.25. The lowest BCUT2D eigenvalue weighted by molar-refractivity contribution is -0.124. The van der Waals surface area contributed by atoms with Crippen LogP contribution in [0.4, 0.5) is 5.69 Å². The van der Waals surface area contributed by atoms with Crippen LogP contribution in [0.2, 0.25) is 0 Å². The maximum Gasteiger partial charge on any atom is 0.231 e. The lowest BCUT2D eigenvalue weighted by atomic mass is 9.83. The first-order valence-electron chi connectivity index (χ1n) is 7.69. The highest BCUT2D eigenvalue weighted by Gasteiger charge is 2.49. The van der Waals surface area contributed by atoms with Crippen molar-refractivity contribution in [3.8, 4) is 0 Å². The molecular formula is C16H19N5O. The van der Waals surface area contributed by atoms with E-state index in [2.05, 4.69) is 20.4 Å². The van der Waals surface area contributed by atoms with Crippen LogP contribution in [-0.4, -0.2) is 45.2 Å². The van der Waals surface area contributed by atoms with Gasteiger partial charge in [-0.05, 0) is 43.6 Å². The minimum Gasteiger partial charge on any atom is -0.326 e. The largest absolute Gasteiger partial charge is 0.326 e. The van der Waals surface area contributed by atoms with Crippen molar-refractivity contribution in [1.82, 2.24) is 19.7 Å². The van der Waals surface area contributed by atoms with Crippen molar-refractivity contribution in [3.63, 3.8) is 0 Å². The van der Waals surface area contributed by atoms with Gasteiger partial charge in [0, 0.05) is 12.2 Å². The lowest BCUT2D eigenvalue weighted by Gasteiger charge is -2.24. The number of piperidine rings is 1. The molecule has 1 amide bonds. The Balaban J connectivity index is 1.47. The van der Waals surface area contributed by atoms with Crippen LogP contribution in [0.15, 0.2) is 36.9 Å². The van der Waals surface area contributed by atoms with Crippen LogP contribution < -0.4 is 5.32 Å². The second-order valence-corrected chi connectivity index (χ2v) is 6.35. The number of nitrogens with one attached hydrogen (secondary N) is 1. The number of amides is 1. The van der Waals surface area contributed by atoms with E-state index in [1.165, 1.54) is 0 Å². The first-order chi connectivity index (χ1) is 10.7. The molecule has 4 rings (SSSR count). The van der Waals surface area contributed by atoms with Crippen molar-refractivity contribution in [1.29, 1.82) is 0 Å². The van der Waals surface area contributed by atoms with Gasteiger partial charge in [-0.1, -0.05) is 12.1 Å². The molecule has 6 heteroatoms. The highest BCUT2D eigenvalue weighted by atomic mass is 16.2. The molecule has 0 spiro atoms. The highest BCUT2D eigenvalue weighted by Crippen LogP contribution is 2.41. The number of nitrogens with zero attached hydrogens (tertiary/aromatic N) is 4. The second-order valence-electron chi connectivity index (χ2n) is 6.35. The van der Waals surface area contributed by atoms with Crippen LogP contribution in [-0.2, 0) is 11.3 Å². The summed E-state index contributed by atoms with van der Waals surface area (Å²) in [4.78, 5) is 15.0. The zero-order valence-corrected chi connectivity index (χ0v) is 12.4. The summed E-state index contributed by atoms with van der Waals surface area (Å²) in [6.45, 7) is 3.73. The third-order valence-electron chi connectivity index (χ3n) is 4.84. The Morgan fingerprint density at radius 1 is 1.23 bits per heavy atom. The molecule has 1 aromatic carbocycles. The molecule has 2 aliphatic heterocycles. The fraction of sp³-hybridized carbons (Fsp3) is 0.438. The maximum absolute atomic E-state index is 12.7. The van der Waals surface area contributed by atoms with Crippen molar-refractivity contribution in [3.05, 3.63) is 42.5 Å². The summed E-state index contributed by atoms with van der Waals surface area (Å²) >= 11 is 0. The van der Waals surface area contributed by atoms with E-state index in [0.717, 1.165) is 43.7 Å². The average molecular weight is 297 g/mol. The fourth-order valence-corrected chi connectivity index (χ4v) is 3.55. The van der Waals surface area contributed by atoms with Gasteiger partial charge in [0.2, 0.25) is 5.91 Å². The molecule has 1 aromatic heterocycles. The van der Waals surface area contributed by atoms with E-state index in [0.29, 0.717) is 6.54 Å². The molecule has 2 fully saturated rings. The number of carbonyl (C=O) groups excluding carboxylic acids is 1. The zero-order valence-electron chi connectivity index (χ0n) is 12.4. The number of anilines is 1. The Bertz CT molecular complexity index is 674. The molecule has 0 atom stereocenters. The van der Waals surface area contributed by atoms with Gasteiger partial charge in [-0.2, -0.15) is 0 Å². The number of rotatable bonds is 4. The Morgan fingerprint density at radius 2 is 2.00 bits per heavy atom. The standard InChI is InChI=1S/C16H19N5O/c22-15(16-4-6-20(10-16)7-5-16)19-14-3-1-2-13(8-14)9-21-11-17-18-12-21/h1-3,8,11-12H,4-7,9-10H2,(H,19,22). The summed E-state index contributed by atoms with van der Waals surface area (Å²) in [6.07, 6.45) is 5.35. The minimum atomic E-state index is -0.162. The Hall–Kier alpha value is -2.21. The van der Waals surface area contributed by atoms with Crippen molar-refractivity contribution in [2.24, 2.45) is 5.41 Å². The van der Waals surface area contributed by atoms with Crippen LogP contribution in [0.3, 0.4) is 0 Å². The van der Waals surface area contributed by atoms with E-state index in [1.807, 2.05) is 28.8 Å². The number of aromatic nitrogens is 3. The molecule has 0 aliphatic carbocycles. The molecule has 3 heterocycles. The molecule has 2 aliphatic rings. The third-order valence-corrected chi connectivity index (χ3v) is 4.84. The topological polar surface area (TPSA) is 63.1 Å². The Morgan fingerprint density at radius 3 is 2.68 bits per heavy atom.